The fraction of sp³-hybridized carbons (Fsp3) is 0.700. The van der Waals surface area contributed by atoms with Crippen LogP contribution in [0.1, 0.15) is 38.7 Å². The third-order valence-electron chi connectivity index (χ3n) is 6.41. The van der Waals surface area contributed by atoms with Gasteiger partial charge in [0.1, 0.15) is 32.7 Å². The normalized spacial score (nSPS) is 33.3. The van der Waals surface area contributed by atoms with E-state index in [1.54, 1.807) is 4.90 Å². The van der Waals surface area contributed by atoms with Gasteiger partial charge in [-0.15, -0.1) is 0 Å². The monoisotopic (exact) mass is 318 g/mol. The van der Waals surface area contributed by atoms with Crippen LogP contribution in [-0.4, -0.2) is 51.4 Å². The summed E-state index contributed by atoms with van der Waals surface area (Å²) in [6.45, 7) is 14.3. The Morgan fingerprint density at radius 3 is 2.22 bits per heavy atom. The molecule has 3 rings (SSSR count). The van der Waals surface area contributed by atoms with Crippen molar-refractivity contribution in [3.8, 4) is 0 Å². The van der Waals surface area contributed by atoms with Crippen LogP contribution in [0.2, 0.25) is 0 Å². The fourth-order valence-corrected chi connectivity index (χ4v) is 4.58. The smallest absolute Gasteiger partial charge is 0.127 e. The third-order valence-corrected chi connectivity index (χ3v) is 6.41. The minimum absolute atomic E-state index is 0.855. The first-order valence-corrected chi connectivity index (χ1v) is 9.83. The molecule has 2 saturated heterocycles. The lowest BCUT2D eigenvalue weighted by molar-refractivity contribution is -1.04. The van der Waals surface area contributed by atoms with Gasteiger partial charge in [-0.1, -0.05) is 37.3 Å². The molecule has 1 atom stereocenters. The van der Waals surface area contributed by atoms with Crippen molar-refractivity contribution in [1.29, 1.82) is 0 Å². The Morgan fingerprint density at radius 1 is 0.957 bits per heavy atom. The molecule has 0 aromatic heterocycles. The largest absolute Gasteiger partial charge is 0.331 e. The zero-order valence-corrected chi connectivity index (χ0v) is 15.1. The molecule has 0 saturated carbocycles. The van der Waals surface area contributed by atoms with Crippen molar-refractivity contribution < 1.29 is 14.7 Å². The summed E-state index contributed by atoms with van der Waals surface area (Å²) in [7, 11) is 0. The zero-order valence-electron chi connectivity index (χ0n) is 15.1. The Kier molecular flexibility index (Phi) is 6.09. The average molecular weight is 319 g/mol. The van der Waals surface area contributed by atoms with E-state index in [2.05, 4.69) is 44.2 Å². The fourth-order valence-electron chi connectivity index (χ4n) is 4.58. The highest BCUT2D eigenvalue weighted by Crippen LogP contribution is 1.99. The van der Waals surface area contributed by atoms with Gasteiger partial charge in [0, 0.05) is 18.4 Å². The van der Waals surface area contributed by atoms with E-state index < -0.39 is 0 Å². The van der Waals surface area contributed by atoms with Crippen molar-refractivity contribution >= 4 is 0 Å². The summed E-state index contributed by atoms with van der Waals surface area (Å²) in [5, 5.41) is 0. The first kappa shape index (κ1) is 16.9. The number of piperidine rings is 1. The van der Waals surface area contributed by atoms with Gasteiger partial charge < -0.3 is 14.7 Å². The van der Waals surface area contributed by atoms with E-state index in [9.17, 15) is 0 Å². The predicted molar refractivity (Wildman–Crippen MR) is 95.0 cm³/mol. The molecule has 1 aromatic rings. The lowest BCUT2D eigenvalue weighted by atomic mass is 10.0. The number of hydrogen-bond acceptors (Lipinski definition) is 0. The quantitative estimate of drug-likeness (QED) is 0.605. The number of nitrogens with one attached hydrogen (secondary N) is 3. The Labute approximate surface area is 142 Å². The molecule has 0 spiro atoms. The summed E-state index contributed by atoms with van der Waals surface area (Å²) in [5.41, 5.74) is 1.50. The molecule has 3 heteroatoms. The molecule has 3 N–H and O–H groups in total. The molecule has 2 aliphatic rings. The average Bonchev–Trinajstić information content (AvgIpc) is 2.63. The minimum atomic E-state index is 0.855. The van der Waals surface area contributed by atoms with Crippen LogP contribution in [-0.2, 0) is 6.54 Å². The molecular weight excluding hydrogens is 282 g/mol. The molecule has 0 radical (unpaired) electrons. The van der Waals surface area contributed by atoms with Crippen LogP contribution in [0.15, 0.2) is 30.3 Å². The highest BCUT2D eigenvalue weighted by atomic mass is 15.3. The highest BCUT2D eigenvalue weighted by molar-refractivity contribution is 5.13. The molecule has 0 aliphatic carbocycles. The van der Waals surface area contributed by atoms with E-state index in [0.717, 1.165) is 12.1 Å². The molecule has 1 aromatic carbocycles. The van der Waals surface area contributed by atoms with Crippen molar-refractivity contribution in [1.82, 2.24) is 0 Å². The van der Waals surface area contributed by atoms with Gasteiger partial charge in [0.15, 0.2) is 0 Å². The number of likely N-dealkylation sites (tertiary alicyclic amines) is 1. The van der Waals surface area contributed by atoms with Gasteiger partial charge in [0.2, 0.25) is 0 Å². The maximum Gasteiger partial charge on any atom is 0.127 e. The SMILES string of the molecule is CCC(C)[NH+]1CC[NH+](C2CC[NH+](Cc3ccccc3)CC2)CC1. The molecule has 1 unspecified atom stereocenters. The maximum absolute atomic E-state index is 2.42. The van der Waals surface area contributed by atoms with Crippen LogP contribution < -0.4 is 14.7 Å². The topological polar surface area (TPSA) is 13.3 Å². The number of piperazine rings is 1. The van der Waals surface area contributed by atoms with Crippen LogP contribution >= 0.6 is 0 Å². The van der Waals surface area contributed by atoms with Gasteiger partial charge >= 0.3 is 0 Å². The number of rotatable bonds is 5. The van der Waals surface area contributed by atoms with Gasteiger partial charge in [0.25, 0.3) is 0 Å². The van der Waals surface area contributed by atoms with E-state index in [1.807, 2.05) is 9.80 Å². The van der Waals surface area contributed by atoms with E-state index in [-0.39, 0.29) is 0 Å². The van der Waals surface area contributed by atoms with Gasteiger partial charge in [-0.2, -0.15) is 0 Å². The first-order valence-electron chi connectivity index (χ1n) is 9.83. The predicted octanol–water partition coefficient (Wildman–Crippen LogP) is -1.18. The summed E-state index contributed by atoms with van der Waals surface area (Å²) in [6, 6.07) is 12.8. The molecule has 2 heterocycles. The second-order valence-corrected chi connectivity index (χ2v) is 7.81. The van der Waals surface area contributed by atoms with Crippen molar-refractivity contribution in [3.05, 3.63) is 35.9 Å². The van der Waals surface area contributed by atoms with Crippen molar-refractivity contribution in [2.75, 3.05) is 39.3 Å². The van der Waals surface area contributed by atoms with Gasteiger partial charge in [0.05, 0.1) is 25.2 Å². The lowest BCUT2D eigenvalue weighted by Crippen LogP contribution is -3.31. The zero-order chi connectivity index (χ0) is 16.1. The lowest BCUT2D eigenvalue weighted by Gasteiger charge is -2.39. The Balaban J connectivity index is 1.41. The van der Waals surface area contributed by atoms with E-state index in [4.69, 9.17) is 0 Å². The van der Waals surface area contributed by atoms with Gasteiger partial charge in [-0.25, -0.2) is 0 Å². The molecule has 3 nitrogen and oxygen atoms in total. The minimum Gasteiger partial charge on any atom is -0.331 e. The van der Waals surface area contributed by atoms with Crippen LogP contribution in [0.3, 0.4) is 0 Å². The molecule has 2 aliphatic heterocycles. The highest BCUT2D eigenvalue weighted by Gasteiger charge is 2.34. The standard InChI is InChI=1S/C20H33N3/c1-3-18(2)22-13-15-23(16-14-22)20-9-11-21(12-10-20)17-19-7-5-4-6-8-19/h4-8,18,20H,3,9-17H2,1-2H3/p+3. The summed E-state index contributed by atoms with van der Waals surface area (Å²) < 4.78 is 0. The second-order valence-electron chi connectivity index (χ2n) is 7.81. The first-order chi connectivity index (χ1) is 11.3. The van der Waals surface area contributed by atoms with E-state index in [0.29, 0.717) is 0 Å². The molecule has 0 amide bonds. The molecule has 2 fully saturated rings. The number of hydrogen-bond donors (Lipinski definition) is 3. The van der Waals surface area contributed by atoms with Crippen LogP contribution in [0.4, 0.5) is 0 Å². The van der Waals surface area contributed by atoms with E-state index in [1.165, 1.54) is 70.6 Å². The summed E-state index contributed by atoms with van der Waals surface area (Å²) in [5.74, 6) is 0. The maximum atomic E-state index is 2.42. The van der Waals surface area contributed by atoms with Gasteiger partial charge in [-0.05, 0) is 13.3 Å². The van der Waals surface area contributed by atoms with Crippen molar-refractivity contribution in [2.24, 2.45) is 0 Å². The van der Waals surface area contributed by atoms with Crippen LogP contribution in [0, 0.1) is 0 Å². The molecule has 128 valence electrons. The summed E-state index contributed by atoms with van der Waals surface area (Å²) >= 11 is 0. The van der Waals surface area contributed by atoms with Crippen molar-refractivity contribution in [3.63, 3.8) is 0 Å². The number of quaternary nitrogens is 3. The third kappa shape index (κ3) is 4.56. The molecule has 0 bridgehead atoms. The second kappa shape index (κ2) is 8.27. The molecular formula is C20H36N3+3. The number of benzene rings is 1. The van der Waals surface area contributed by atoms with Crippen molar-refractivity contribution in [2.45, 2.75) is 51.7 Å². The Bertz CT molecular complexity index is 445. The van der Waals surface area contributed by atoms with Crippen LogP contribution in [0.25, 0.3) is 0 Å². The van der Waals surface area contributed by atoms with Gasteiger partial charge in [-0.3, -0.25) is 0 Å². The van der Waals surface area contributed by atoms with Crippen LogP contribution in [0.5, 0.6) is 0 Å². The Morgan fingerprint density at radius 2 is 1.61 bits per heavy atom. The molecule has 23 heavy (non-hydrogen) atoms. The summed E-state index contributed by atoms with van der Waals surface area (Å²) in [6.07, 6.45) is 4.18. The summed E-state index contributed by atoms with van der Waals surface area (Å²) in [4.78, 5) is 5.55. The Hall–Kier alpha value is -0.900. The van der Waals surface area contributed by atoms with E-state index >= 15 is 0 Å².